The minimum Gasteiger partial charge on any atom is -0.207 e. The Morgan fingerprint density at radius 1 is 1.14 bits per heavy atom. The van der Waals surface area contributed by atoms with Crippen molar-refractivity contribution in [3.05, 3.63) is 35.4 Å². The van der Waals surface area contributed by atoms with Crippen LogP contribution in [0.15, 0.2) is 18.2 Å². The standard InChI is InChI=1S/C18H21BrF2/c1-17-6-11-4-12(7-17)9-18(8-11,10-17)16(19)14-3-2-13(20)5-15(14)21/h2-3,5,11-12,16H,4,6-10H2,1H3. The molecule has 21 heavy (non-hydrogen) atoms. The second-order valence-electron chi connectivity index (χ2n) is 8.16. The van der Waals surface area contributed by atoms with Crippen molar-refractivity contribution in [3.63, 3.8) is 0 Å². The van der Waals surface area contributed by atoms with Gasteiger partial charge in [0.1, 0.15) is 11.6 Å². The van der Waals surface area contributed by atoms with E-state index in [2.05, 4.69) is 22.9 Å². The molecule has 3 atom stereocenters. The smallest absolute Gasteiger partial charge is 0.130 e. The molecule has 3 heteroatoms. The maximum Gasteiger partial charge on any atom is 0.130 e. The molecule has 4 fully saturated rings. The van der Waals surface area contributed by atoms with Crippen molar-refractivity contribution in [3.8, 4) is 0 Å². The fourth-order valence-corrected chi connectivity index (χ4v) is 7.04. The van der Waals surface area contributed by atoms with E-state index >= 15 is 0 Å². The predicted molar refractivity (Wildman–Crippen MR) is 83.2 cm³/mol. The monoisotopic (exact) mass is 354 g/mol. The molecular formula is C18H21BrF2. The van der Waals surface area contributed by atoms with Crippen LogP contribution in [0.25, 0.3) is 0 Å². The van der Waals surface area contributed by atoms with Gasteiger partial charge in [-0.25, -0.2) is 8.78 Å². The zero-order chi connectivity index (χ0) is 14.8. The first-order valence-corrected chi connectivity index (χ1v) is 8.90. The van der Waals surface area contributed by atoms with Gasteiger partial charge in [-0.2, -0.15) is 0 Å². The predicted octanol–water partition coefficient (Wildman–Crippen LogP) is 6.01. The average molecular weight is 355 g/mol. The Labute approximate surface area is 133 Å². The fourth-order valence-electron chi connectivity index (χ4n) is 6.13. The van der Waals surface area contributed by atoms with Crippen molar-refractivity contribution < 1.29 is 8.78 Å². The van der Waals surface area contributed by atoms with Gasteiger partial charge in [-0.05, 0) is 67.3 Å². The highest BCUT2D eigenvalue weighted by molar-refractivity contribution is 9.09. The van der Waals surface area contributed by atoms with Crippen LogP contribution in [0.2, 0.25) is 0 Å². The van der Waals surface area contributed by atoms with Crippen molar-refractivity contribution in [2.75, 3.05) is 0 Å². The first-order chi connectivity index (χ1) is 9.89. The normalized spacial score (nSPS) is 42.3. The highest BCUT2D eigenvalue weighted by Crippen LogP contribution is 2.69. The van der Waals surface area contributed by atoms with E-state index in [1.54, 1.807) is 6.07 Å². The molecule has 0 N–H and O–H groups in total. The lowest BCUT2D eigenvalue weighted by atomic mass is 9.44. The lowest BCUT2D eigenvalue weighted by molar-refractivity contribution is -0.102. The topological polar surface area (TPSA) is 0 Å². The molecule has 1 aromatic carbocycles. The van der Waals surface area contributed by atoms with Gasteiger partial charge < -0.3 is 0 Å². The Kier molecular flexibility index (Phi) is 3.06. The summed E-state index contributed by atoms with van der Waals surface area (Å²) >= 11 is 3.81. The molecule has 1 aromatic rings. The third-order valence-electron chi connectivity index (χ3n) is 6.17. The van der Waals surface area contributed by atoms with Crippen LogP contribution in [-0.4, -0.2) is 0 Å². The molecule has 0 aromatic heterocycles. The van der Waals surface area contributed by atoms with Crippen LogP contribution in [0.4, 0.5) is 8.78 Å². The second-order valence-corrected chi connectivity index (χ2v) is 9.08. The van der Waals surface area contributed by atoms with Crippen molar-refractivity contribution in [1.29, 1.82) is 0 Å². The highest BCUT2D eigenvalue weighted by Gasteiger charge is 2.58. The molecule has 0 nitrogen and oxygen atoms in total. The first kappa shape index (κ1) is 14.2. The van der Waals surface area contributed by atoms with Gasteiger partial charge in [0, 0.05) is 16.5 Å². The van der Waals surface area contributed by atoms with Crippen LogP contribution in [0.5, 0.6) is 0 Å². The molecule has 4 aliphatic rings. The second kappa shape index (κ2) is 4.53. The molecule has 0 saturated heterocycles. The summed E-state index contributed by atoms with van der Waals surface area (Å²) in [5, 5.41) is 0. The number of rotatable bonds is 2. The van der Waals surface area contributed by atoms with E-state index in [1.165, 1.54) is 44.6 Å². The SMILES string of the molecule is CC12CC3CC(C1)CC(C(Br)c1ccc(F)cc1F)(C3)C2. The third kappa shape index (κ3) is 2.18. The van der Waals surface area contributed by atoms with E-state index in [4.69, 9.17) is 0 Å². The Bertz CT molecular complexity index is 569. The van der Waals surface area contributed by atoms with Crippen LogP contribution in [-0.2, 0) is 0 Å². The highest BCUT2D eigenvalue weighted by atomic mass is 79.9. The van der Waals surface area contributed by atoms with Crippen molar-refractivity contribution >= 4 is 15.9 Å². The van der Waals surface area contributed by atoms with E-state index < -0.39 is 11.6 Å². The molecule has 5 rings (SSSR count). The first-order valence-electron chi connectivity index (χ1n) is 7.98. The molecule has 4 bridgehead atoms. The lowest BCUT2D eigenvalue weighted by Crippen LogP contribution is -2.52. The van der Waals surface area contributed by atoms with Gasteiger partial charge in [-0.3, -0.25) is 0 Å². The van der Waals surface area contributed by atoms with Crippen LogP contribution >= 0.6 is 15.9 Å². The van der Waals surface area contributed by atoms with Crippen LogP contribution in [0.3, 0.4) is 0 Å². The largest absolute Gasteiger partial charge is 0.207 e. The van der Waals surface area contributed by atoms with Crippen LogP contribution in [0.1, 0.15) is 55.8 Å². The Morgan fingerprint density at radius 3 is 2.38 bits per heavy atom. The lowest BCUT2D eigenvalue weighted by Gasteiger charge is -2.63. The summed E-state index contributed by atoms with van der Waals surface area (Å²) in [6, 6.07) is 4.03. The summed E-state index contributed by atoms with van der Waals surface area (Å²) in [7, 11) is 0. The minimum atomic E-state index is -0.492. The Morgan fingerprint density at radius 2 is 1.81 bits per heavy atom. The zero-order valence-corrected chi connectivity index (χ0v) is 13.9. The third-order valence-corrected chi connectivity index (χ3v) is 7.64. The van der Waals surface area contributed by atoms with E-state index in [-0.39, 0.29) is 10.2 Å². The van der Waals surface area contributed by atoms with E-state index in [0.29, 0.717) is 11.0 Å². The van der Waals surface area contributed by atoms with Crippen LogP contribution in [0, 0.1) is 34.3 Å². The van der Waals surface area contributed by atoms with Gasteiger partial charge in [0.15, 0.2) is 0 Å². The maximum atomic E-state index is 14.2. The van der Waals surface area contributed by atoms with Gasteiger partial charge in [-0.1, -0.05) is 28.9 Å². The summed E-state index contributed by atoms with van der Waals surface area (Å²) in [6.45, 7) is 2.42. The van der Waals surface area contributed by atoms with Gasteiger partial charge in [0.25, 0.3) is 0 Å². The Hall–Kier alpha value is -0.440. The summed E-state index contributed by atoms with van der Waals surface area (Å²) < 4.78 is 27.4. The number of benzene rings is 1. The molecule has 0 radical (unpaired) electrons. The zero-order valence-electron chi connectivity index (χ0n) is 12.3. The van der Waals surface area contributed by atoms with E-state index in [1.807, 2.05) is 0 Å². The minimum absolute atomic E-state index is 0.0100. The van der Waals surface area contributed by atoms with Gasteiger partial charge in [0.2, 0.25) is 0 Å². The molecule has 3 unspecified atom stereocenters. The number of alkyl halides is 1. The van der Waals surface area contributed by atoms with Crippen molar-refractivity contribution in [2.45, 2.75) is 50.3 Å². The molecule has 0 aliphatic heterocycles. The summed E-state index contributed by atoms with van der Waals surface area (Å²) in [5.41, 5.74) is 1.24. The quantitative estimate of drug-likeness (QED) is 0.570. The number of halogens is 3. The van der Waals surface area contributed by atoms with Crippen LogP contribution < -0.4 is 0 Å². The number of hydrogen-bond acceptors (Lipinski definition) is 0. The molecule has 0 spiro atoms. The Balaban J connectivity index is 1.72. The fraction of sp³-hybridized carbons (Fsp3) is 0.667. The molecule has 4 saturated carbocycles. The average Bonchev–Trinajstić information content (AvgIpc) is 2.35. The molecule has 0 amide bonds. The van der Waals surface area contributed by atoms with Gasteiger partial charge >= 0.3 is 0 Å². The molecule has 0 heterocycles. The molecule has 4 aliphatic carbocycles. The maximum absolute atomic E-state index is 14.2. The van der Waals surface area contributed by atoms with E-state index in [0.717, 1.165) is 17.9 Å². The van der Waals surface area contributed by atoms with Gasteiger partial charge in [0.05, 0.1) is 0 Å². The summed E-state index contributed by atoms with van der Waals surface area (Å²) in [5.74, 6) is 0.714. The van der Waals surface area contributed by atoms with Crippen molar-refractivity contribution in [1.82, 2.24) is 0 Å². The summed E-state index contributed by atoms with van der Waals surface area (Å²) in [6.07, 6.45) is 7.63. The molecule has 114 valence electrons. The van der Waals surface area contributed by atoms with Gasteiger partial charge in [-0.15, -0.1) is 0 Å². The number of hydrogen-bond donors (Lipinski definition) is 0. The van der Waals surface area contributed by atoms with E-state index in [9.17, 15) is 8.78 Å². The summed E-state index contributed by atoms with van der Waals surface area (Å²) in [4.78, 5) is 0.0100. The van der Waals surface area contributed by atoms with Crippen molar-refractivity contribution in [2.24, 2.45) is 22.7 Å². The molecular weight excluding hydrogens is 334 g/mol.